The van der Waals surface area contributed by atoms with E-state index in [2.05, 4.69) is 5.32 Å². The number of nitrogens with one attached hydrogen (secondary N) is 1. The summed E-state index contributed by atoms with van der Waals surface area (Å²) in [5.41, 5.74) is 0.362. The molecule has 9 heteroatoms. The molecule has 0 aliphatic carbocycles. The van der Waals surface area contributed by atoms with E-state index in [1.165, 1.54) is 4.90 Å². The maximum Gasteiger partial charge on any atom is 0.247 e. The molecule has 6 nitrogen and oxygen atoms in total. The lowest BCUT2D eigenvalue weighted by Gasteiger charge is -2.54. The van der Waals surface area contributed by atoms with E-state index in [1.807, 2.05) is 26.0 Å². The van der Waals surface area contributed by atoms with Crippen LogP contribution in [0.4, 0.5) is 4.39 Å². The summed E-state index contributed by atoms with van der Waals surface area (Å²) in [5, 5.41) is 3.35. The van der Waals surface area contributed by atoms with Gasteiger partial charge in [-0.05, 0) is 24.1 Å². The minimum atomic E-state index is -1.34. The number of amides is 2. The Balaban J connectivity index is 1.61. The molecule has 2 amide bonds. The van der Waals surface area contributed by atoms with Crippen molar-refractivity contribution in [1.82, 2.24) is 15.1 Å². The van der Waals surface area contributed by atoms with Gasteiger partial charge in [-0.3, -0.25) is 14.9 Å². The molecule has 0 aromatic heterocycles. The smallest absolute Gasteiger partial charge is 0.247 e. The molecular weight excluding hydrogens is 456 g/mol. The molecule has 5 atom stereocenters. The molecule has 3 fully saturated rings. The van der Waals surface area contributed by atoms with E-state index in [-0.39, 0.29) is 36.2 Å². The number of piperazine rings is 1. The van der Waals surface area contributed by atoms with E-state index >= 15 is 4.39 Å². The predicted molar refractivity (Wildman–Crippen MR) is 121 cm³/mol. The van der Waals surface area contributed by atoms with Gasteiger partial charge in [0, 0.05) is 29.4 Å². The third-order valence-electron chi connectivity index (χ3n) is 6.90. The molecule has 3 heterocycles. The first-order chi connectivity index (χ1) is 15.2. The fraction of sp³-hybridized carbons (Fsp3) is 0.652. The fourth-order valence-corrected chi connectivity index (χ4v) is 5.57. The number of halogens is 3. The lowest BCUT2D eigenvalue weighted by atomic mass is 9.77. The highest BCUT2D eigenvalue weighted by Gasteiger charge is 2.56. The van der Waals surface area contributed by atoms with Gasteiger partial charge in [-0.25, -0.2) is 4.39 Å². The van der Waals surface area contributed by atoms with E-state index in [4.69, 9.17) is 27.9 Å². The van der Waals surface area contributed by atoms with Crippen LogP contribution in [0.5, 0.6) is 0 Å². The highest BCUT2D eigenvalue weighted by Crippen LogP contribution is 2.39. The van der Waals surface area contributed by atoms with Crippen molar-refractivity contribution in [2.75, 3.05) is 26.3 Å². The first kappa shape index (κ1) is 23.7. The summed E-state index contributed by atoms with van der Waals surface area (Å²) in [6.07, 6.45) is -0.748. The molecule has 32 heavy (non-hydrogen) atoms. The molecule has 1 aromatic rings. The minimum absolute atomic E-state index is 0.163. The number of hydrogen-bond donors (Lipinski definition) is 1. The molecular formula is C23H30Cl2FN3O3. The van der Waals surface area contributed by atoms with E-state index in [1.54, 1.807) is 17.0 Å². The molecule has 0 radical (unpaired) electrons. The first-order valence-corrected chi connectivity index (χ1v) is 12.0. The van der Waals surface area contributed by atoms with Crippen molar-refractivity contribution in [2.24, 2.45) is 11.3 Å². The van der Waals surface area contributed by atoms with Crippen LogP contribution in [0.1, 0.15) is 32.3 Å². The monoisotopic (exact) mass is 485 g/mol. The van der Waals surface area contributed by atoms with Crippen LogP contribution in [0.2, 0.25) is 5.02 Å². The molecule has 5 unspecified atom stereocenters. The fourth-order valence-electron chi connectivity index (χ4n) is 5.09. The number of benzene rings is 1. The zero-order valence-corrected chi connectivity index (χ0v) is 19.9. The Morgan fingerprint density at radius 2 is 1.94 bits per heavy atom. The van der Waals surface area contributed by atoms with Crippen molar-refractivity contribution in [1.29, 1.82) is 0 Å². The Hall–Kier alpha value is -1.41. The van der Waals surface area contributed by atoms with E-state index in [0.29, 0.717) is 31.2 Å². The quantitative estimate of drug-likeness (QED) is 0.628. The largest absolute Gasteiger partial charge is 0.380 e. The van der Waals surface area contributed by atoms with Crippen LogP contribution in [0, 0.1) is 11.3 Å². The molecule has 0 spiro atoms. The van der Waals surface area contributed by atoms with Crippen LogP contribution < -0.4 is 5.32 Å². The molecule has 176 valence electrons. The number of carbonyl (C=O) groups is 2. The number of ether oxygens (including phenoxy) is 1. The summed E-state index contributed by atoms with van der Waals surface area (Å²) >= 11 is 12.4. The van der Waals surface area contributed by atoms with Crippen molar-refractivity contribution in [2.45, 2.75) is 57.0 Å². The van der Waals surface area contributed by atoms with Crippen molar-refractivity contribution in [3.8, 4) is 0 Å². The normalized spacial score (nSPS) is 32.7. The van der Waals surface area contributed by atoms with Crippen LogP contribution in [-0.2, 0) is 20.9 Å². The number of hydrogen-bond acceptors (Lipinski definition) is 4. The van der Waals surface area contributed by atoms with Gasteiger partial charge in [0.1, 0.15) is 24.9 Å². The zero-order valence-electron chi connectivity index (χ0n) is 18.4. The molecule has 4 rings (SSSR count). The van der Waals surface area contributed by atoms with Crippen LogP contribution in [0.25, 0.3) is 0 Å². The van der Waals surface area contributed by atoms with Crippen molar-refractivity contribution < 1.29 is 18.7 Å². The highest BCUT2D eigenvalue weighted by molar-refractivity contribution is 6.30. The third kappa shape index (κ3) is 4.37. The van der Waals surface area contributed by atoms with Crippen molar-refractivity contribution >= 4 is 35.0 Å². The summed E-state index contributed by atoms with van der Waals surface area (Å²) < 4.78 is 21.0. The molecule has 3 aliphatic rings. The van der Waals surface area contributed by atoms with Gasteiger partial charge in [0.25, 0.3) is 0 Å². The molecule has 1 aromatic carbocycles. The minimum Gasteiger partial charge on any atom is -0.380 e. The van der Waals surface area contributed by atoms with Gasteiger partial charge in [0.2, 0.25) is 11.8 Å². The Labute approximate surface area is 198 Å². The lowest BCUT2D eigenvalue weighted by molar-refractivity contribution is -0.190. The van der Waals surface area contributed by atoms with Gasteiger partial charge in [-0.1, -0.05) is 44.0 Å². The molecule has 1 N–H and O–H groups in total. The Morgan fingerprint density at radius 1 is 1.25 bits per heavy atom. The van der Waals surface area contributed by atoms with Gasteiger partial charge in [0.15, 0.2) is 0 Å². The summed E-state index contributed by atoms with van der Waals surface area (Å²) in [5.74, 6) is -0.802. The average molecular weight is 486 g/mol. The number of alkyl halides is 2. The highest BCUT2D eigenvalue weighted by atomic mass is 35.5. The van der Waals surface area contributed by atoms with Crippen LogP contribution in [0.3, 0.4) is 0 Å². The van der Waals surface area contributed by atoms with Crippen LogP contribution >= 0.6 is 23.2 Å². The summed E-state index contributed by atoms with van der Waals surface area (Å²) in [6, 6.07) is 6.50. The number of piperidine rings is 1. The van der Waals surface area contributed by atoms with Crippen LogP contribution in [0.15, 0.2) is 24.3 Å². The van der Waals surface area contributed by atoms with Gasteiger partial charge in [-0.15, -0.1) is 11.6 Å². The summed E-state index contributed by atoms with van der Waals surface area (Å²) in [7, 11) is 0. The Bertz CT molecular complexity index is 851. The lowest BCUT2D eigenvalue weighted by Crippen LogP contribution is -2.73. The number of nitrogens with zero attached hydrogens (tertiary/aromatic N) is 2. The first-order valence-electron chi connectivity index (χ1n) is 11.2. The standard InChI is InChI=1S/C23H30Cl2FN3O3/c1-3-4-16-17(25)9-27-21(19(16)26)29-11-18(30)28(10-14-5-7-15(24)8-6-14)20(22(29)31)23(2)12-32-13-23/h5-8,16-17,19-21,27H,3-4,9-13H2,1-2H3. The van der Waals surface area contributed by atoms with Crippen LogP contribution in [-0.4, -0.2) is 71.7 Å². The van der Waals surface area contributed by atoms with Gasteiger partial charge < -0.3 is 14.5 Å². The second-order valence-corrected chi connectivity index (χ2v) is 10.4. The maximum absolute atomic E-state index is 15.5. The molecule has 3 aliphatic heterocycles. The SMILES string of the molecule is CCCC1C(Cl)CNC(N2CC(=O)N(Cc3ccc(Cl)cc3)C(C3(C)COC3)C2=O)C1F. The van der Waals surface area contributed by atoms with E-state index in [0.717, 1.165) is 12.0 Å². The van der Waals surface area contributed by atoms with Gasteiger partial charge in [-0.2, -0.15) is 0 Å². The molecule has 0 saturated carbocycles. The Morgan fingerprint density at radius 3 is 2.53 bits per heavy atom. The third-order valence-corrected chi connectivity index (χ3v) is 7.63. The molecule has 0 bridgehead atoms. The second-order valence-electron chi connectivity index (χ2n) is 9.43. The van der Waals surface area contributed by atoms with Crippen molar-refractivity contribution in [3.63, 3.8) is 0 Å². The number of rotatable bonds is 6. The van der Waals surface area contributed by atoms with Gasteiger partial charge in [0.05, 0.1) is 18.6 Å². The van der Waals surface area contributed by atoms with E-state index in [9.17, 15) is 9.59 Å². The average Bonchev–Trinajstić information content (AvgIpc) is 2.74. The zero-order chi connectivity index (χ0) is 23.0. The molecule has 3 saturated heterocycles. The summed E-state index contributed by atoms with van der Waals surface area (Å²) in [6.45, 7) is 5.21. The van der Waals surface area contributed by atoms with E-state index < -0.39 is 23.8 Å². The predicted octanol–water partition coefficient (Wildman–Crippen LogP) is 3.21. The number of carbonyl (C=O) groups excluding carboxylic acids is 2. The maximum atomic E-state index is 15.5. The second kappa shape index (κ2) is 9.45. The van der Waals surface area contributed by atoms with Crippen molar-refractivity contribution in [3.05, 3.63) is 34.9 Å². The summed E-state index contributed by atoms with van der Waals surface area (Å²) in [4.78, 5) is 30.1. The Kier molecular flexibility index (Phi) is 7.01. The topological polar surface area (TPSA) is 61.9 Å². The van der Waals surface area contributed by atoms with Gasteiger partial charge >= 0.3 is 0 Å².